The predicted molar refractivity (Wildman–Crippen MR) is 102 cm³/mol. The van der Waals surface area contributed by atoms with Crippen LogP contribution in [0.15, 0.2) is 54.7 Å². The van der Waals surface area contributed by atoms with Crippen molar-refractivity contribution in [3.8, 4) is 34.6 Å². The lowest BCUT2D eigenvalue weighted by Gasteiger charge is -2.18. The summed E-state index contributed by atoms with van der Waals surface area (Å²) in [4.78, 5) is 0. The third-order valence-electron chi connectivity index (χ3n) is 4.06. The molecule has 0 fully saturated rings. The molecule has 1 aromatic heterocycles. The van der Waals surface area contributed by atoms with Gasteiger partial charge in [0.05, 0.1) is 24.4 Å². The van der Waals surface area contributed by atoms with Gasteiger partial charge >= 0.3 is 0 Å². The van der Waals surface area contributed by atoms with E-state index in [9.17, 15) is 0 Å². The molecule has 6 heteroatoms. The molecule has 0 saturated heterocycles. The molecule has 0 saturated carbocycles. The van der Waals surface area contributed by atoms with E-state index in [1.54, 1.807) is 31.5 Å². The molecular formula is C21H21N3O3. The smallest absolute Gasteiger partial charge is 0.162 e. The van der Waals surface area contributed by atoms with Crippen LogP contribution in [0.2, 0.25) is 0 Å². The van der Waals surface area contributed by atoms with Crippen molar-refractivity contribution < 1.29 is 14.2 Å². The minimum atomic E-state index is -0.202. The van der Waals surface area contributed by atoms with E-state index in [0.717, 1.165) is 17.0 Å². The molecule has 27 heavy (non-hydrogen) atoms. The Morgan fingerprint density at radius 3 is 2.70 bits per heavy atom. The zero-order chi connectivity index (χ0) is 19.2. The molecule has 0 radical (unpaired) electrons. The van der Waals surface area contributed by atoms with Crippen LogP contribution in [0.5, 0.6) is 17.2 Å². The first kappa shape index (κ1) is 18.3. The van der Waals surface area contributed by atoms with Crippen LogP contribution in [-0.2, 0) is 7.05 Å². The summed E-state index contributed by atoms with van der Waals surface area (Å²) in [5.41, 5.74) is 2.58. The summed E-state index contributed by atoms with van der Waals surface area (Å²) in [5.74, 6) is 1.87. The Morgan fingerprint density at radius 1 is 1.15 bits per heavy atom. The van der Waals surface area contributed by atoms with Crippen molar-refractivity contribution in [2.45, 2.75) is 13.0 Å². The van der Waals surface area contributed by atoms with Crippen molar-refractivity contribution in [2.24, 2.45) is 7.05 Å². The SMILES string of the molecule is COc1cc(C#N)ccc1OC(C)COc1cccc(-c2ccnn2C)c1. The number of rotatable bonds is 7. The maximum atomic E-state index is 8.98. The summed E-state index contributed by atoms with van der Waals surface area (Å²) in [6, 6.07) is 17.0. The highest BCUT2D eigenvalue weighted by molar-refractivity contribution is 5.61. The standard InChI is InChI=1S/C21H21N3O3/c1-15(27-20-8-7-16(13-22)11-21(20)25-3)14-26-18-6-4-5-17(12-18)19-9-10-23-24(19)2/h4-12,15H,14H2,1-3H3. The van der Waals surface area contributed by atoms with E-state index in [1.807, 2.05) is 49.0 Å². The third-order valence-corrected chi connectivity index (χ3v) is 4.06. The first-order chi connectivity index (χ1) is 13.1. The second-order valence-electron chi connectivity index (χ2n) is 6.08. The molecule has 138 valence electrons. The molecule has 0 aliphatic rings. The second-order valence-corrected chi connectivity index (χ2v) is 6.08. The number of methoxy groups -OCH3 is 1. The van der Waals surface area contributed by atoms with Crippen LogP contribution in [0.4, 0.5) is 0 Å². The van der Waals surface area contributed by atoms with E-state index in [0.29, 0.717) is 23.7 Å². The van der Waals surface area contributed by atoms with Crippen molar-refractivity contribution in [2.75, 3.05) is 13.7 Å². The van der Waals surface area contributed by atoms with Crippen molar-refractivity contribution in [1.29, 1.82) is 5.26 Å². The van der Waals surface area contributed by atoms with Gasteiger partial charge < -0.3 is 14.2 Å². The summed E-state index contributed by atoms with van der Waals surface area (Å²) < 4.78 is 18.9. The van der Waals surface area contributed by atoms with Crippen molar-refractivity contribution in [3.05, 3.63) is 60.3 Å². The highest BCUT2D eigenvalue weighted by Gasteiger charge is 2.11. The number of hydrogen-bond acceptors (Lipinski definition) is 5. The molecule has 1 atom stereocenters. The van der Waals surface area contributed by atoms with E-state index in [1.165, 1.54) is 0 Å². The summed E-state index contributed by atoms with van der Waals surface area (Å²) >= 11 is 0. The summed E-state index contributed by atoms with van der Waals surface area (Å²) in [7, 11) is 3.46. The number of nitrogens with zero attached hydrogens (tertiary/aromatic N) is 3. The van der Waals surface area contributed by atoms with E-state index < -0.39 is 0 Å². The minimum Gasteiger partial charge on any atom is -0.493 e. The van der Waals surface area contributed by atoms with Gasteiger partial charge in [-0.25, -0.2) is 0 Å². The molecule has 0 aliphatic heterocycles. The van der Waals surface area contributed by atoms with E-state index in [2.05, 4.69) is 11.2 Å². The fourth-order valence-electron chi connectivity index (χ4n) is 2.70. The van der Waals surface area contributed by atoms with Crippen LogP contribution in [0.3, 0.4) is 0 Å². The van der Waals surface area contributed by atoms with Crippen LogP contribution >= 0.6 is 0 Å². The molecule has 3 rings (SSSR count). The third kappa shape index (κ3) is 4.39. The summed E-state index contributed by atoms with van der Waals surface area (Å²) in [6.45, 7) is 2.29. The maximum absolute atomic E-state index is 8.98. The number of nitriles is 1. The largest absolute Gasteiger partial charge is 0.493 e. The lowest BCUT2D eigenvalue weighted by Crippen LogP contribution is -2.21. The zero-order valence-corrected chi connectivity index (χ0v) is 15.5. The van der Waals surface area contributed by atoms with E-state index >= 15 is 0 Å². The molecule has 6 nitrogen and oxygen atoms in total. The van der Waals surface area contributed by atoms with Gasteiger partial charge in [-0.05, 0) is 37.3 Å². The highest BCUT2D eigenvalue weighted by Crippen LogP contribution is 2.29. The Bertz CT molecular complexity index is 959. The Labute approximate surface area is 158 Å². The maximum Gasteiger partial charge on any atom is 0.162 e. The molecule has 0 aliphatic carbocycles. The highest BCUT2D eigenvalue weighted by atomic mass is 16.5. The second kappa shape index (κ2) is 8.28. The van der Waals surface area contributed by atoms with Crippen LogP contribution in [-0.4, -0.2) is 29.6 Å². The molecule has 1 heterocycles. The summed E-state index contributed by atoms with van der Waals surface area (Å²) in [6.07, 6.45) is 1.57. The van der Waals surface area contributed by atoms with Gasteiger partial charge in [-0.2, -0.15) is 10.4 Å². The fourth-order valence-corrected chi connectivity index (χ4v) is 2.70. The molecule has 0 bridgehead atoms. The lowest BCUT2D eigenvalue weighted by atomic mass is 10.1. The molecule has 1 unspecified atom stereocenters. The Morgan fingerprint density at radius 2 is 2.00 bits per heavy atom. The topological polar surface area (TPSA) is 69.3 Å². The Kier molecular flexibility index (Phi) is 5.62. The fraction of sp³-hybridized carbons (Fsp3) is 0.238. The molecule has 0 N–H and O–H groups in total. The van der Waals surface area contributed by atoms with Gasteiger partial charge in [-0.1, -0.05) is 12.1 Å². The van der Waals surface area contributed by atoms with Crippen molar-refractivity contribution >= 4 is 0 Å². The molecule has 2 aromatic carbocycles. The van der Waals surface area contributed by atoms with Gasteiger partial charge in [-0.15, -0.1) is 0 Å². The lowest BCUT2D eigenvalue weighted by molar-refractivity contribution is 0.139. The van der Waals surface area contributed by atoms with Gasteiger partial charge in [0.15, 0.2) is 11.5 Å². The van der Waals surface area contributed by atoms with E-state index in [-0.39, 0.29) is 6.10 Å². The van der Waals surface area contributed by atoms with Crippen LogP contribution < -0.4 is 14.2 Å². The predicted octanol–water partition coefficient (Wildman–Crippen LogP) is 3.81. The van der Waals surface area contributed by atoms with Gasteiger partial charge in [0.2, 0.25) is 0 Å². The van der Waals surface area contributed by atoms with Crippen LogP contribution in [0.1, 0.15) is 12.5 Å². The number of hydrogen-bond donors (Lipinski definition) is 0. The molecule has 0 spiro atoms. The summed E-state index contributed by atoms with van der Waals surface area (Å²) in [5, 5.41) is 13.2. The number of aryl methyl sites for hydroxylation is 1. The number of ether oxygens (including phenoxy) is 3. The minimum absolute atomic E-state index is 0.202. The van der Waals surface area contributed by atoms with E-state index in [4.69, 9.17) is 19.5 Å². The molecule has 0 amide bonds. The van der Waals surface area contributed by atoms with Gasteiger partial charge in [0, 0.05) is 24.9 Å². The molecular weight excluding hydrogens is 342 g/mol. The Balaban J connectivity index is 1.64. The van der Waals surface area contributed by atoms with Gasteiger partial charge in [-0.3, -0.25) is 4.68 Å². The van der Waals surface area contributed by atoms with Gasteiger partial charge in [0.25, 0.3) is 0 Å². The monoisotopic (exact) mass is 363 g/mol. The van der Waals surface area contributed by atoms with Crippen molar-refractivity contribution in [3.63, 3.8) is 0 Å². The first-order valence-electron chi connectivity index (χ1n) is 8.56. The number of benzene rings is 2. The van der Waals surface area contributed by atoms with Crippen LogP contribution in [0, 0.1) is 11.3 Å². The normalized spacial score (nSPS) is 11.5. The first-order valence-corrected chi connectivity index (χ1v) is 8.56. The molecule has 3 aromatic rings. The van der Waals surface area contributed by atoms with Gasteiger partial charge in [0.1, 0.15) is 18.5 Å². The average Bonchev–Trinajstić information content (AvgIpc) is 3.13. The number of aromatic nitrogens is 2. The Hall–Kier alpha value is -3.46. The van der Waals surface area contributed by atoms with Crippen molar-refractivity contribution in [1.82, 2.24) is 9.78 Å². The van der Waals surface area contributed by atoms with Crippen LogP contribution in [0.25, 0.3) is 11.3 Å². The zero-order valence-electron chi connectivity index (χ0n) is 15.5. The quantitative estimate of drug-likeness (QED) is 0.638. The average molecular weight is 363 g/mol.